The van der Waals surface area contributed by atoms with Gasteiger partial charge in [0.05, 0.1) is 19.3 Å². The number of aromatic nitrogens is 6. The van der Waals surface area contributed by atoms with Gasteiger partial charge in [0, 0.05) is 18.3 Å². The van der Waals surface area contributed by atoms with Gasteiger partial charge in [0.25, 0.3) is 0 Å². The quantitative estimate of drug-likeness (QED) is 0.155. The van der Waals surface area contributed by atoms with Gasteiger partial charge < -0.3 is 46.3 Å². The molecule has 0 spiro atoms. The van der Waals surface area contributed by atoms with Crippen LogP contribution in [0.15, 0.2) is 25.2 Å². The highest BCUT2D eigenvalue weighted by molar-refractivity contribution is 7.46. The molecule has 1 fully saturated rings. The molecule has 0 aromatic carbocycles. The normalized spacial score (nSPS) is 23.4. The summed E-state index contributed by atoms with van der Waals surface area (Å²) >= 11 is 0. The predicted molar refractivity (Wildman–Crippen MR) is 112 cm³/mol. The van der Waals surface area contributed by atoms with Crippen molar-refractivity contribution in [2.45, 2.75) is 37.0 Å². The SMILES string of the molecule is N[C@@H](Cc1cnc[nH]1)C(=O)O.Nc1ncnc2c1ncn2[C@@H]1O[C@H](COP(=O)(O)O)[C@@H](O)[C@H]1O. The number of aliphatic hydroxyl groups is 2. The Morgan fingerprint density at radius 2 is 2.03 bits per heavy atom. The minimum atomic E-state index is -4.72. The molecule has 4 heterocycles. The van der Waals surface area contributed by atoms with Gasteiger partial charge in [-0.2, -0.15) is 0 Å². The maximum absolute atomic E-state index is 10.7. The van der Waals surface area contributed by atoms with Gasteiger partial charge in [-0.3, -0.25) is 13.9 Å². The summed E-state index contributed by atoms with van der Waals surface area (Å²) in [5.41, 5.74) is 12.2. The van der Waals surface area contributed by atoms with Gasteiger partial charge in [0.1, 0.15) is 36.2 Å². The highest BCUT2D eigenvalue weighted by Crippen LogP contribution is 2.38. The number of carboxylic acids is 1. The van der Waals surface area contributed by atoms with Crippen LogP contribution in [0.3, 0.4) is 0 Å². The predicted octanol–water partition coefficient (Wildman–Crippen LogP) is -2.50. The van der Waals surface area contributed by atoms with E-state index in [0.29, 0.717) is 5.52 Å². The van der Waals surface area contributed by atoms with Crippen molar-refractivity contribution in [3.8, 4) is 0 Å². The molecule has 4 rings (SSSR count). The third-order valence-corrected chi connectivity index (χ3v) is 5.20. The molecule has 5 atom stereocenters. The minimum Gasteiger partial charge on any atom is -0.480 e. The van der Waals surface area contributed by atoms with Crippen molar-refractivity contribution >= 4 is 30.8 Å². The van der Waals surface area contributed by atoms with Crippen molar-refractivity contribution in [3.05, 3.63) is 30.9 Å². The largest absolute Gasteiger partial charge is 0.480 e. The number of phosphoric acid groups is 1. The van der Waals surface area contributed by atoms with E-state index in [4.69, 9.17) is 31.1 Å². The first-order chi connectivity index (χ1) is 16.0. The number of carbonyl (C=O) groups is 1. The molecule has 3 aromatic heterocycles. The molecule has 3 aromatic rings. The molecule has 1 aliphatic heterocycles. The highest BCUT2D eigenvalue weighted by atomic mass is 31.2. The molecule has 34 heavy (non-hydrogen) atoms. The molecule has 0 saturated carbocycles. The van der Waals surface area contributed by atoms with E-state index < -0.39 is 51.0 Å². The maximum atomic E-state index is 10.7. The van der Waals surface area contributed by atoms with Crippen LogP contribution in [-0.2, 0) is 25.0 Å². The van der Waals surface area contributed by atoms with Gasteiger partial charge in [-0.15, -0.1) is 0 Å². The number of rotatable bonds is 7. The van der Waals surface area contributed by atoms with Crippen LogP contribution < -0.4 is 11.5 Å². The molecule has 1 saturated heterocycles. The number of nitrogen functional groups attached to an aromatic ring is 1. The van der Waals surface area contributed by atoms with E-state index in [2.05, 4.69) is 29.4 Å². The van der Waals surface area contributed by atoms with Gasteiger partial charge in [0.15, 0.2) is 17.7 Å². The zero-order valence-electron chi connectivity index (χ0n) is 17.3. The summed E-state index contributed by atoms with van der Waals surface area (Å²) in [5.74, 6) is -0.859. The van der Waals surface area contributed by atoms with Crippen LogP contribution in [0.4, 0.5) is 5.82 Å². The molecule has 10 N–H and O–H groups in total. The number of nitrogens with two attached hydrogens (primary N) is 2. The smallest absolute Gasteiger partial charge is 0.469 e. The molecule has 0 radical (unpaired) electrons. The lowest BCUT2D eigenvalue weighted by Crippen LogP contribution is -2.33. The zero-order chi connectivity index (χ0) is 25.0. The number of aromatic amines is 1. The Morgan fingerprint density at radius 1 is 1.29 bits per heavy atom. The fourth-order valence-electron chi connectivity index (χ4n) is 3.04. The number of phosphoric ester groups is 1. The van der Waals surface area contributed by atoms with Crippen LogP contribution in [0.5, 0.6) is 0 Å². The Morgan fingerprint density at radius 3 is 2.65 bits per heavy atom. The number of fused-ring (bicyclic) bond motifs is 1. The van der Waals surface area contributed by atoms with E-state index in [0.717, 1.165) is 5.69 Å². The molecule has 186 valence electrons. The van der Waals surface area contributed by atoms with Crippen molar-refractivity contribution in [1.82, 2.24) is 29.5 Å². The topological polar surface area (TPSA) is 278 Å². The van der Waals surface area contributed by atoms with Crippen LogP contribution >= 0.6 is 7.82 Å². The Balaban J connectivity index is 0.000000248. The van der Waals surface area contributed by atoms with E-state index in [-0.39, 0.29) is 17.9 Å². The third kappa shape index (κ3) is 6.10. The summed E-state index contributed by atoms with van der Waals surface area (Å²) in [5, 5.41) is 28.5. The summed E-state index contributed by atoms with van der Waals surface area (Å²) in [6.07, 6.45) is 0.845. The first kappa shape index (κ1) is 25.6. The third-order valence-electron chi connectivity index (χ3n) is 4.72. The van der Waals surface area contributed by atoms with Gasteiger partial charge in [-0.25, -0.2) is 24.5 Å². The lowest BCUT2D eigenvalue weighted by atomic mass is 10.1. The van der Waals surface area contributed by atoms with Gasteiger partial charge in [-0.1, -0.05) is 0 Å². The van der Waals surface area contributed by atoms with E-state index in [1.54, 1.807) is 6.20 Å². The molecule has 0 unspecified atom stereocenters. The fraction of sp³-hybridized carbons (Fsp3) is 0.438. The number of anilines is 1. The summed E-state index contributed by atoms with van der Waals surface area (Å²) in [4.78, 5) is 46.0. The molecule has 18 heteroatoms. The number of hydrogen-bond acceptors (Lipinski definition) is 12. The number of aliphatic hydroxyl groups excluding tert-OH is 2. The van der Waals surface area contributed by atoms with Crippen molar-refractivity contribution in [2.24, 2.45) is 5.73 Å². The van der Waals surface area contributed by atoms with E-state index in [1.165, 1.54) is 23.5 Å². The zero-order valence-corrected chi connectivity index (χ0v) is 18.2. The van der Waals surface area contributed by atoms with Gasteiger partial charge in [0.2, 0.25) is 0 Å². The fourth-order valence-corrected chi connectivity index (χ4v) is 3.39. The molecule has 1 aliphatic rings. The van der Waals surface area contributed by atoms with Crippen molar-refractivity contribution in [3.63, 3.8) is 0 Å². The molecule has 17 nitrogen and oxygen atoms in total. The molecular formula is C16H23N8O9P. The second-order valence-corrected chi connectivity index (χ2v) is 8.38. The van der Waals surface area contributed by atoms with Crippen LogP contribution in [0.1, 0.15) is 11.9 Å². The Hall–Kier alpha value is -3.02. The first-order valence-corrected chi connectivity index (χ1v) is 11.1. The number of aliphatic carboxylic acids is 1. The Kier molecular flexibility index (Phi) is 7.90. The second-order valence-electron chi connectivity index (χ2n) is 7.14. The van der Waals surface area contributed by atoms with E-state index >= 15 is 0 Å². The summed E-state index contributed by atoms with van der Waals surface area (Å²) in [6, 6.07) is -0.851. The standard InChI is InChI=1S/C10H14N5O7P.C6H9N3O2/c11-8-5-9(13-2-12-8)15(3-14-5)10-7(17)6(16)4(22-10)1-21-23(18,19)20;7-5(6(10)11)1-4-2-8-3-9-4/h2-4,6-7,10,16-17H,1H2,(H2,11,12,13)(H2,18,19,20);2-3,5H,1,7H2,(H,8,9)(H,10,11)/t4-,6-,7-,10-;5-/m10/s1. The number of nitrogens with zero attached hydrogens (tertiary/aromatic N) is 5. The number of hydrogen-bond donors (Lipinski definition) is 8. The lowest BCUT2D eigenvalue weighted by molar-refractivity contribution is -0.138. The summed E-state index contributed by atoms with van der Waals surface area (Å²) in [7, 11) is -4.72. The minimum absolute atomic E-state index is 0.142. The average molecular weight is 502 g/mol. The molecular weight excluding hydrogens is 479 g/mol. The monoisotopic (exact) mass is 502 g/mol. The van der Waals surface area contributed by atoms with Gasteiger partial charge in [-0.05, 0) is 0 Å². The van der Waals surface area contributed by atoms with Crippen molar-refractivity contribution < 1.29 is 43.7 Å². The van der Waals surface area contributed by atoms with E-state index in [9.17, 15) is 19.6 Å². The van der Waals surface area contributed by atoms with Crippen molar-refractivity contribution in [2.75, 3.05) is 12.3 Å². The Bertz CT molecular complexity index is 1150. The summed E-state index contributed by atoms with van der Waals surface area (Å²) in [6.45, 7) is -0.594. The van der Waals surface area contributed by atoms with E-state index in [1.807, 2.05) is 0 Å². The Labute approximate surface area is 190 Å². The summed E-state index contributed by atoms with van der Waals surface area (Å²) < 4.78 is 21.8. The first-order valence-electron chi connectivity index (χ1n) is 9.58. The number of H-pyrrole nitrogens is 1. The van der Waals surface area contributed by atoms with Crippen molar-refractivity contribution in [1.29, 1.82) is 0 Å². The highest BCUT2D eigenvalue weighted by Gasteiger charge is 2.45. The number of imidazole rings is 2. The van der Waals surface area contributed by atoms with Crippen LogP contribution in [0.2, 0.25) is 0 Å². The number of nitrogens with one attached hydrogen (secondary N) is 1. The molecule has 0 bridgehead atoms. The maximum Gasteiger partial charge on any atom is 0.469 e. The number of ether oxygens (including phenoxy) is 1. The van der Waals surface area contributed by atoms with Crippen LogP contribution in [-0.4, -0.2) is 91.5 Å². The lowest BCUT2D eigenvalue weighted by Gasteiger charge is -2.16. The average Bonchev–Trinajstić information content (AvgIpc) is 3.48. The van der Waals surface area contributed by atoms with Crippen LogP contribution in [0.25, 0.3) is 11.2 Å². The molecule has 0 aliphatic carbocycles. The molecule has 0 amide bonds. The van der Waals surface area contributed by atoms with Gasteiger partial charge >= 0.3 is 13.8 Å². The van der Waals surface area contributed by atoms with Crippen LogP contribution in [0, 0.1) is 0 Å². The number of carboxylic acid groups (broad SMARTS) is 1. The second kappa shape index (κ2) is 10.5.